The molecule has 0 spiro atoms. The van der Waals surface area contributed by atoms with Crippen molar-refractivity contribution >= 4 is 5.91 Å². The second-order valence-electron chi connectivity index (χ2n) is 6.99. The summed E-state index contributed by atoms with van der Waals surface area (Å²) >= 11 is 0. The summed E-state index contributed by atoms with van der Waals surface area (Å²) in [6.45, 7) is 1.40. The summed E-state index contributed by atoms with van der Waals surface area (Å²) in [6.07, 6.45) is -3.59. The SMILES string of the molecule is O=C(c1cccc(C(F)(F)F)c1)N1C[C@H]2C[C@H](C1)c1cccc(=O)n1C2. The van der Waals surface area contributed by atoms with Crippen LogP contribution in [0.15, 0.2) is 47.3 Å². The van der Waals surface area contributed by atoms with Gasteiger partial charge in [-0.15, -0.1) is 0 Å². The summed E-state index contributed by atoms with van der Waals surface area (Å²) in [5.41, 5.74) is 0.0767. The van der Waals surface area contributed by atoms with Crippen LogP contribution in [0.25, 0.3) is 0 Å². The number of carbonyl (C=O) groups is 1. The number of carbonyl (C=O) groups excluding carboxylic acids is 1. The predicted octanol–water partition coefficient (Wildman–Crippen LogP) is 3.13. The summed E-state index contributed by atoms with van der Waals surface area (Å²) in [5, 5.41) is 0. The summed E-state index contributed by atoms with van der Waals surface area (Å²) in [4.78, 5) is 26.4. The molecule has 3 heterocycles. The van der Waals surface area contributed by atoms with E-state index in [1.807, 2.05) is 6.07 Å². The monoisotopic (exact) mass is 362 g/mol. The Bertz CT molecular complexity index is 919. The van der Waals surface area contributed by atoms with Crippen LogP contribution >= 0.6 is 0 Å². The molecular formula is C19H17F3N2O2. The van der Waals surface area contributed by atoms with E-state index in [4.69, 9.17) is 0 Å². The van der Waals surface area contributed by atoms with Gasteiger partial charge in [0.25, 0.3) is 11.5 Å². The summed E-state index contributed by atoms with van der Waals surface area (Å²) < 4.78 is 40.5. The lowest BCUT2D eigenvalue weighted by Gasteiger charge is -2.42. The Morgan fingerprint density at radius 1 is 1.04 bits per heavy atom. The fourth-order valence-corrected chi connectivity index (χ4v) is 4.07. The van der Waals surface area contributed by atoms with Gasteiger partial charge < -0.3 is 9.47 Å². The Hall–Kier alpha value is -2.57. The average molecular weight is 362 g/mol. The fraction of sp³-hybridized carbons (Fsp3) is 0.368. The van der Waals surface area contributed by atoms with Crippen LogP contribution in [0.5, 0.6) is 0 Å². The predicted molar refractivity (Wildman–Crippen MR) is 88.9 cm³/mol. The Labute approximate surface area is 147 Å². The number of amides is 1. The highest BCUT2D eigenvalue weighted by molar-refractivity contribution is 5.94. The van der Waals surface area contributed by atoms with Crippen molar-refractivity contribution < 1.29 is 18.0 Å². The van der Waals surface area contributed by atoms with Gasteiger partial charge in [-0.05, 0) is 36.6 Å². The molecule has 1 fully saturated rings. The van der Waals surface area contributed by atoms with Crippen LogP contribution in [0, 0.1) is 5.92 Å². The van der Waals surface area contributed by atoms with Crippen LogP contribution in [0.3, 0.4) is 0 Å². The van der Waals surface area contributed by atoms with Crippen LogP contribution in [0.1, 0.15) is 34.0 Å². The van der Waals surface area contributed by atoms with E-state index in [-0.39, 0.29) is 23.0 Å². The molecule has 0 radical (unpaired) electrons. The zero-order chi connectivity index (χ0) is 18.5. The molecule has 0 aliphatic carbocycles. The van der Waals surface area contributed by atoms with Crippen molar-refractivity contribution in [3.63, 3.8) is 0 Å². The molecular weight excluding hydrogens is 345 g/mol. The van der Waals surface area contributed by atoms with Gasteiger partial charge in [-0.3, -0.25) is 9.59 Å². The lowest BCUT2D eigenvalue weighted by molar-refractivity contribution is -0.137. The van der Waals surface area contributed by atoms with Crippen molar-refractivity contribution in [2.75, 3.05) is 13.1 Å². The highest BCUT2D eigenvalue weighted by Gasteiger charge is 2.37. The van der Waals surface area contributed by atoms with E-state index in [0.717, 1.165) is 24.2 Å². The third-order valence-electron chi connectivity index (χ3n) is 5.20. The summed E-state index contributed by atoms with van der Waals surface area (Å²) in [5.74, 6) is -0.222. The Balaban J connectivity index is 1.61. The number of pyridine rings is 1. The molecule has 0 unspecified atom stereocenters. The Kier molecular flexibility index (Phi) is 3.89. The first kappa shape index (κ1) is 16.9. The topological polar surface area (TPSA) is 42.3 Å². The van der Waals surface area contributed by atoms with E-state index < -0.39 is 17.6 Å². The molecule has 136 valence electrons. The molecule has 2 atom stereocenters. The maximum Gasteiger partial charge on any atom is 0.416 e. The first-order chi connectivity index (χ1) is 12.3. The zero-order valence-electron chi connectivity index (χ0n) is 13.9. The highest BCUT2D eigenvalue weighted by Crippen LogP contribution is 2.36. The number of fused-ring (bicyclic) bond motifs is 4. The third-order valence-corrected chi connectivity index (χ3v) is 5.20. The van der Waals surface area contributed by atoms with Crippen LogP contribution in [0.4, 0.5) is 13.2 Å². The van der Waals surface area contributed by atoms with Gasteiger partial charge in [0.15, 0.2) is 0 Å². The van der Waals surface area contributed by atoms with Gasteiger partial charge in [0.2, 0.25) is 0 Å². The second-order valence-corrected chi connectivity index (χ2v) is 6.99. The smallest absolute Gasteiger partial charge is 0.338 e. The standard InChI is InChI=1S/C19H17F3N2O2/c20-19(21,22)15-4-1-3-13(8-15)18(26)23-9-12-7-14(11-23)16-5-2-6-17(25)24(16)10-12/h1-6,8,12,14H,7,9-11H2/t12-,14-/m1/s1. The minimum Gasteiger partial charge on any atom is -0.338 e. The van der Waals surface area contributed by atoms with Crippen LogP contribution in [-0.4, -0.2) is 28.5 Å². The van der Waals surface area contributed by atoms with Gasteiger partial charge in [-0.1, -0.05) is 12.1 Å². The third kappa shape index (κ3) is 2.91. The number of piperidine rings is 1. The maximum atomic E-state index is 12.9. The summed E-state index contributed by atoms with van der Waals surface area (Å²) in [6, 6.07) is 9.67. The number of nitrogens with zero attached hydrogens (tertiary/aromatic N) is 2. The number of benzene rings is 1. The second kappa shape index (κ2) is 6.00. The number of hydrogen-bond acceptors (Lipinski definition) is 2. The molecule has 1 aromatic heterocycles. The molecule has 4 rings (SSSR count). The molecule has 2 aliphatic heterocycles. The Morgan fingerprint density at radius 3 is 2.58 bits per heavy atom. The van der Waals surface area contributed by atoms with Gasteiger partial charge in [0.05, 0.1) is 5.56 Å². The van der Waals surface area contributed by atoms with Crippen molar-refractivity contribution in [2.45, 2.75) is 25.1 Å². The molecule has 2 aromatic rings. The molecule has 7 heteroatoms. The van der Waals surface area contributed by atoms with E-state index >= 15 is 0 Å². The van der Waals surface area contributed by atoms with Crippen LogP contribution in [-0.2, 0) is 12.7 Å². The van der Waals surface area contributed by atoms with E-state index in [2.05, 4.69) is 0 Å². The normalized spacial score (nSPS) is 22.0. The van der Waals surface area contributed by atoms with Crippen molar-refractivity contribution in [3.8, 4) is 0 Å². The van der Waals surface area contributed by atoms with Gasteiger partial charge >= 0.3 is 6.18 Å². The number of alkyl halides is 3. The summed E-state index contributed by atoms with van der Waals surface area (Å²) in [7, 11) is 0. The van der Waals surface area contributed by atoms with Gasteiger partial charge in [0, 0.05) is 42.9 Å². The fourth-order valence-electron chi connectivity index (χ4n) is 4.07. The van der Waals surface area contributed by atoms with Gasteiger partial charge in [-0.2, -0.15) is 13.2 Å². The molecule has 0 saturated carbocycles. The lowest BCUT2D eigenvalue weighted by atomic mass is 9.83. The van der Waals surface area contributed by atoms with Crippen molar-refractivity contribution in [1.82, 2.24) is 9.47 Å². The van der Waals surface area contributed by atoms with Crippen molar-refractivity contribution in [3.05, 3.63) is 69.6 Å². The molecule has 4 nitrogen and oxygen atoms in total. The van der Waals surface area contributed by atoms with Crippen LogP contribution in [0.2, 0.25) is 0 Å². The van der Waals surface area contributed by atoms with E-state index in [0.29, 0.717) is 19.6 Å². The minimum atomic E-state index is -4.48. The molecule has 1 amide bonds. The maximum absolute atomic E-state index is 12.9. The molecule has 2 bridgehead atoms. The van der Waals surface area contributed by atoms with Crippen molar-refractivity contribution in [2.24, 2.45) is 5.92 Å². The van der Waals surface area contributed by atoms with E-state index in [9.17, 15) is 22.8 Å². The number of aromatic nitrogens is 1. The number of hydrogen-bond donors (Lipinski definition) is 0. The number of likely N-dealkylation sites (tertiary alicyclic amines) is 1. The van der Waals surface area contributed by atoms with E-state index in [1.165, 1.54) is 18.2 Å². The Morgan fingerprint density at radius 2 is 1.81 bits per heavy atom. The lowest BCUT2D eigenvalue weighted by Crippen LogP contribution is -2.49. The molecule has 0 N–H and O–H groups in total. The molecule has 1 aromatic carbocycles. The first-order valence-electron chi connectivity index (χ1n) is 8.49. The quantitative estimate of drug-likeness (QED) is 0.782. The largest absolute Gasteiger partial charge is 0.416 e. The average Bonchev–Trinajstić information content (AvgIpc) is 2.61. The van der Waals surface area contributed by atoms with Crippen LogP contribution < -0.4 is 5.56 Å². The molecule has 1 saturated heterocycles. The number of rotatable bonds is 1. The van der Waals surface area contributed by atoms with E-state index in [1.54, 1.807) is 15.5 Å². The first-order valence-corrected chi connectivity index (χ1v) is 8.49. The van der Waals surface area contributed by atoms with Crippen molar-refractivity contribution in [1.29, 1.82) is 0 Å². The zero-order valence-corrected chi connectivity index (χ0v) is 13.9. The molecule has 2 aliphatic rings. The van der Waals surface area contributed by atoms with Gasteiger partial charge in [-0.25, -0.2) is 0 Å². The molecule has 26 heavy (non-hydrogen) atoms. The minimum absolute atomic E-state index is 0.0335. The van der Waals surface area contributed by atoms with Gasteiger partial charge in [0.1, 0.15) is 0 Å². The number of halogens is 3. The highest BCUT2D eigenvalue weighted by atomic mass is 19.4.